The molecule has 1 aliphatic rings. The fourth-order valence-corrected chi connectivity index (χ4v) is 3.61. The van der Waals surface area contributed by atoms with E-state index in [9.17, 15) is 10.1 Å². The lowest BCUT2D eigenvalue weighted by molar-refractivity contribution is -0.136. The highest BCUT2D eigenvalue weighted by molar-refractivity contribution is 5.79. The molecule has 0 N–H and O–H groups in total. The molecule has 0 saturated carbocycles. The number of aromatic nitrogens is 1. The predicted octanol–water partition coefficient (Wildman–Crippen LogP) is 3.28. The van der Waals surface area contributed by atoms with Crippen LogP contribution in [0, 0.1) is 29.6 Å². The Hall–Kier alpha value is -3.91. The van der Waals surface area contributed by atoms with Crippen LogP contribution in [0.15, 0.2) is 50.0 Å². The van der Waals surface area contributed by atoms with Gasteiger partial charge in [0.05, 0.1) is 25.6 Å². The number of piperidine rings is 1. The Labute approximate surface area is 173 Å². The average molecular weight is 404 g/mol. The van der Waals surface area contributed by atoms with Gasteiger partial charge in [0.1, 0.15) is 11.8 Å². The highest BCUT2D eigenvalue weighted by atomic mass is 16.4. The fraction of sp³-hybridized carbons (Fsp3) is 0.318. The van der Waals surface area contributed by atoms with E-state index in [1.807, 2.05) is 11.0 Å². The second kappa shape index (κ2) is 8.62. The first kappa shape index (κ1) is 19.4. The van der Waals surface area contributed by atoms with Gasteiger partial charge in [-0.3, -0.25) is 4.79 Å². The summed E-state index contributed by atoms with van der Waals surface area (Å²) in [6, 6.07) is 9.13. The Balaban J connectivity index is 1.43. The van der Waals surface area contributed by atoms with Gasteiger partial charge in [-0.2, -0.15) is 10.2 Å². The molecule has 1 saturated heterocycles. The minimum absolute atomic E-state index is 0.0124. The fourth-order valence-electron chi connectivity index (χ4n) is 3.61. The molecule has 1 fully saturated rings. The van der Waals surface area contributed by atoms with Crippen molar-refractivity contribution in [3.05, 3.63) is 48.2 Å². The van der Waals surface area contributed by atoms with E-state index in [0.29, 0.717) is 49.9 Å². The largest absolute Gasteiger partial charge is 0.467 e. The molecule has 0 atom stereocenters. The summed E-state index contributed by atoms with van der Waals surface area (Å²) in [5, 5.41) is 9.44. The van der Waals surface area contributed by atoms with Gasteiger partial charge in [0.25, 0.3) is 5.89 Å². The number of nitrogens with zero attached hydrogens (tertiary/aromatic N) is 4. The topological polar surface area (TPSA) is 99.7 Å². The number of anilines is 1. The Bertz CT molecular complexity index is 1060. The SMILES string of the molecule is C#CCN(Cc1ccco1)C(=O)C1CCN(c2oc(-c3ccco3)nc2C#N)CC1. The zero-order valence-electron chi connectivity index (χ0n) is 16.3. The minimum Gasteiger partial charge on any atom is -0.467 e. The van der Waals surface area contributed by atoms with E-state index in [-0.39, 0.29) is 30.0 Å². The van der Waals surface area contributed by atoms with Crippen LogP contribution in [0.25, 0.3) is 11.7 Å². The van der Waals surface area contributed by atoms with Crippen molar-refractivity contribution < 1.29 is 18.0 Å². The summed E-state index contributed by atoms with van der Waals surface area (Å²) < 4.78 is 16.5. The molecule has 4 heterocycles. The molecule has 3 aromatic rings. The number of carbonyl (C=O) groups excluding carboxylic acids is 1. The van der Waals surface area contributed by atoms with Crippen LogP contribution in [-0.4, -0.2) is 35.4 Å². The quantitative estimate of drug-likeness (QED) is 0.581. The summed E-state index contributed by atoms with van der Waals surface area (Å²) in [7, 11) is 0. The third-order valence-corrected chi connectivity index (χ3v) is 5.10. The van der Waals surface area contributed by atoms with Gasteiger partial charge in [-0.25, -0.2) is 0 Å². The first-order valence-corrected chi connectivity index (χ1v) is 9.64. The van der Waals surface area contributed by atoms with Crippen molar-refractivity contribution in [3.63, 3.8) is 0 Å². The number of hydrogen-bond acceptors (Lipinski definition) is 7. The standard InChI is InChI=1S/C22H20N4O4/c1-2-9-26(15-17-5-3-12-28-17)21(27)16-7-10-25(11-8-16)22-18(14-23)24-20(30-22)19-6-4-13-29-19/h1,3-6,12-13,16H,7-11,15H2. The summed E-state index contributed by atoms with van der Waals surface area (Å²) in [6.07, 6.45) is 9.81. The molecular weight excluding hydrogens is 384 g/mol. The molecule has 152 valence electrons. The van der Waals surface area contributed by atoms with Gasteiger partial charge in [-0.1, -0.05) is 5.92 Å². The van der Waals surface area contributed by atoms with Crippen LogP contribution in [0.3, 0.4) is 0 Å². The van der Waals surface area contributed by atoms with Crippen LogP contribution < -0.4 is 4.90 Å². The molecular formula is C22H20N4O4. The maximum Gasteiger partial charge on any atom is 0.266 e. The van der Waals surface area contributed by atoms with E-state index >= 15 is 0 Å². The van der Waals surface area contributed by atoms with Gasteiger partial charge in [-0.15, -0.1) is 6.42 Å². The van der Waals surface area contributed by atoms with Gasteiger partial charge in [0.15, 0.2) is 5.76 Å². The van der Waals surface area contributed by atoms with Crippen molar-refractivity contribution in [2.45, 2.75) is 19.4 Å². The molecule has 1 amide bonds. The van der Waals surface area contributed by atoms with E-state index in [2.05, 4.69) is 17.0 Å². The summed E-state index contributed by atoms with van der Waals surface area (Å²) in [5.41, 5.74) is 0.206. The van der Waals surface area contributed by atoms with Crippen LogP contribution >= 0.6 is 0 Å². The summed E-state index contributed by atoms with van der Waals surface area (Å²) >= 11 is 0. The molecule has 0 radical (unpaired) electrons. The normalized spacial score (nSPS) is 14.3. The summed E-state index contributed by atoms with van der Waals surface area (Å²) in [6.45, 7) is 1.72. The lowest BCUT2D eigenvalue weighted by atomic mass is 9.95. The number of nitriles is 1. The third kappa shape index (κ3) is 3.94. The van der Waals surface area contributed by atoms with Crippen molar-refractivity contribution in [1.82, 2.24) is 9.88 Å². The van der Waals surface area contributed by atoms with Gasteiger partial charge >= 0.3 is 0 Å². The summed E-state index contributed by atoms with van der Waals surface area (Å²) in [4.78, 5) is 20.8. The lowest BCUT2D eigenvalue weighted by Gasteiger charge is -2.33. The van der Waals surface area contributed by atoms with Crippen molar-refractivity contribution in [2.24, 2.45) is 5.92 Å². The molecule has 0 aromatic carbocycles. The number of furan rings is 2. The first-order valence-electron chi connectivity index (χ1n) is 9.64. The van der Waals surface area contributed by atoms with Gasteiger partial charge in [0.2, 0.25) is 17.5 Å². The third-order valence-electron chi connectivity index (χ3n) is 5.10. The maximum absolute atomic E-state index is 13.0. The van der Waals surface area contributed by atoms with Crippen molar-refractivity contribution >= 4 is 11.8 Å². The molecule has 3 aromatic heterocycles. The van der Waals surface area contributed by atoms with Crippen LogP contribution in [0.5, 0.6) is 0 Å². The molecule has 8 nitrogen and oxygen atoms in total. The Morgan fingerprint density at radius 1 is 1.27 bits per heavy atom. The minimum atomic E-state index is -0.150. The van der Waals surface area contributed by atoms with Crippen LogP contribution in [-0.2, 0) is 11.3 Å². The van der Waals surface area contributed by atoms with Crippen molar-refractivity contribution in [1.29, 1.82) is 5.26 Å². The van der Waals surface area contributed by atoms with E-state index in [4.69, 9.17) is 19.7 Å². The molecule has 0 spiro atoms. The average Bonchev–Trinajstić information content (AvgIpc) is 3.54. The second-order valence-electron chi connectivity index (χ2n) is 7.00. The predicted molar refractivity (Wildman–Crippen MR) is 107 cm³/mol. The zero-order chi connectivity index (χ0) is 20.9. The number of carbonyl (C=O) groups is 1. The maximum atomic E-state index is 13.0. The highest BCUT2D eigenvalue weighted by Gasteiger charge is 2.31. The van der Waals surface area contributed by atoms with Crippen LogP contribution in [0.1, 0.15) is 24.3 Å². The summed E-state index contributed by atoms with van der Waals surface area (Å²) in [5.74, 6) is 4.25. The van der Waals surface area contributed by atoms with Gasteiger partial charge < -0.3 is 23.1 Å². The van der Waals surface area contributed by atoms with E-state index < -0.39 is 0 Å². The Morgan fingerprint density at radius 2 is 2.03 bits per heavy atom. The van der Waals surface area contributed by atoms with E-state index in [0.717, 1.165) is 0 Å². The molecule has 0 bridgehead atoms. The monoisotopic (exact) mass is 404 g/mol. The van der Waals surface area contributed by atoms with E-state index in [1.165, 1.54) is 6.26 Å². The molecule has 30 heavy (non-hydrogen) atoms. The van der Waals surface area contributed by atoms with Crippen LogP contribution in [0.2, 0.25) is 0 Å². The number of terminal acetylenes is 1. The Morgan fingerprint density at radius 3 is 2.67 bits per heavy atom. The van der Waals surface area contributed by atoms with E-state index in [1.54, 1.807) is 29.4 Å². The van der Waals surface area contributed by atoms with Crippen LogP contribution in [0.4, 0.5) is 5.88 Å². The highest BCUT2D eigenvalue weighted by Crippen LogP contribution is 2.31. The number of rotatable bonds is 6. The van der Waals surface area contributed by atoms with Gasteiger partial charge in [-0.05, 0) is 37.1 Å². The second-order valence-corrected chi connectivity index (χ2v) is 7.00. The van der Waals surface area contributed by atoms with Crippen molar-refractivity contribution in [2.75, 3.05) is 24.5 Å². The van der Waals surface area contributed by atoms with Gasteiger partial charge in [0, 0.05) is 19.0 Å². The molecule has 8 heteroatoms. The molecule has 0 unspecified atom stereocenters. The van der Waals surface area contributed by atoms with Crippen molar-refractivity contribution in [3.8, 4) is 30.1 Å². The Kier molecular flexibility index (Phi) is 5.58. The lowest BCUT2D eigenvalue weighted by Crippen LogP contribution is -2.42. The number of hydrogen-bond donors (Lipinski definition) is 0. The number of oxazole rings is 1. The number of amides is 1. The zero-order valence-corrected chi connectivity index (χ0v) is 16.3. The molecule has 1 aliphatic heterocycles. The molecule has 4 rings (SSSR count). The first-order chi connectivity index (χ1) is 14.7. The smallest absolute Gasteiger partial charge is 0.266 e. The molecule has 0 aliphatic carbocycles.